The lowest BCUT2D eigenvalue weighted by molar-refractivity contribution is 0.102. The highest BCUT2D eigenvalue weighted by atomic mass is 16.1. The molecular weight excluding hydrogens is 358 g/mol. The summed E-state index contributed by atoms with van der Waals surface area (Å²) in [7, 11) is 0. The fourth-order valence-electron chi connectivity index (χ4n) is 3.64. The van der Waals surface area contributed by atoms with Gasteiger partial charge in [-0.1, -0.05) is 71.6 Å². The molecule has 0 saturated carbocycles. The Hall–Kier alpha value is -2.49. The number of anilines is 3. The van der Waals surface area contributed by atoms with E-state index in [4.69, 9.17) is 5.73 Å². The van der Waals surface area contributed by atoms with E-state index < -0.39 is 0 Å². The lowest BCUT2D eigenvalue weighted by Gasteiger charge is -2.32. The molecule has 4 nitrogen and oxygen atoms in total. The summed E-state index contributed by atoms with van der Waals surface area (Å²) < 4.78 is 0. The molecule has 0 heterocycles. The molecule has 0 aliphatic carbocycles. The highest BCUT2D eigenvalue weighted by Gasteiger charge is 2.17. The van der Waals surface area contributed by atoms with Gasteiger partial charge in [0.15, 0.2) is 0 Å². The number of nitrogens with two attached hydrogens (primary N) is 1. The standard InChI is InChI=1S/C25H37N3O/c1-5-19(6-2)17-28(18-20(7-3)8-4)22-14-15-23(26)24(16-22)27-25(29)21-12-10-9-11-13-21/h9-16,19-20H,5-8,17-18,26H2,1-4H3,(H,27,29). The average Bonchev–Trinajstić information content (AvgIpc) is 2.76. The van der Waals surface area contributed by atoms with Crippen molar-refractivity contribution in [1.29, 1.82) is 0 Å². The average molecular weight is 396 g/mol. The molecular formula is C25H37N3O. The van der Waals surface area contributed by atoms with Crippen molar-refractivity contribution < 1.29 is 4.79 Å². The van der Waals surface area contributed by atoms with E-state index in [9.17, 15) is 4.79 Å². The third-order valence-electron chi connectivity index (χ3n) is 5.95. The topological polar surface area (TPSA) is 58.4 Å². The Kier molecular flexibility index (Phi) is 9.04. The molecule has 0 saturated heterocycles. The molecule has 2 aromatic rings. The lowest BCUT2D eigenvalue weighted by atomic mass is 9.99. The number of benzene rings is 2. The molecule has 0 bridgehead atoms. The van der Waals surface area contributed by atoms with E-state index in [1.165, 1.54) is 25.7 Å². The van der Waals surface area contributed by atoms with Crippen LogP contribution in [0.5, 0.6) is 0 Å². The molecule has 0 unspecified atom stereocenters. The van der Waals surface area contributed by atoms with Gasteiger partial charge < -0.3 is 16.0 Å². The van der Waals surface area contributed by atoms with Crippen molar-refractivity contribution in [2.45, 2.75) is 53.4 Å². The van der Waals surface area contributed by atoms with Crippen molar-refractivity contribution in [2.75, 3.05) is 29.0 Å². The number of carbonyl (C=O) groups is 1. The van der Waals surface area contributed by atoms with Crippen LogP contribution in [-0.4, -0.2) is 19.0 Å². The fourth-order valence-corrected chi connectivity index (χ4v) is 3.64. The molecule has 0 radical (unpaired) electrons. The fraction of sp³-hybridized carbons (Fsp3) is 0.480. The van der Waals surface area contributed by atoms with Crippen molar-refractivity contribution in [3.63, 3.8) is 0 Å². The second-order valence-electron chi connectivity index (χ2n) is 7.86. The van der Waals surface area contributed by atoms with Crippen LogP contribution >= 0.6 is 0 Å². The first kappa shape index (κ1) is 22.8. The first-order chi connectivity index (χ1) is 14.0. The van der Waals surface area contributed by atoms with Crippen LogP contribution < -0.4 is 16.0 Å². The van der Waals surface area contributed by atoms with E-state index in [0.29, 0.717) is 28.8 Å². The quantitative estimate of drug-likeness (QED) is 0.445. The number of hydrogen-bond acceptors (Lipinski definition) is 3. The van der Waals surface area contributed by atoms with Crippen molar-refractivity contribution in [3.05, 3.63) is 54.1 Å². The molecule has 4 heteroatoms. The summed E-state index contributed by atoms with van der Waals surface area (Å²) in [5.74, 6) is 1.18. The third kappa shape index (κ3) is 6.52. The molecule has 158 valence electrons. The summed E-state index contributed by atoms with van der Waals surface area (Å²) >= 11 is 0. The van der Waals surface area contributed by atoms with Gasteiger partial charge in [0.25, 0.3) is 5.91 Å². The monoisotopic (exact) mass is 395 g/mol. The van der Waals surface area contributed by atoms with Crippen molar-refractivity contribution in [3.8, 4) is 0 Å². The Morgan fingerprint density at radius 3 is 1.97 bits per heavy atom. The lowest BCUT2D eigenvalue weighted by Crippen LogP contribution is -2.33. The minimum absolute atomic E-state index is 0.138. The Morgan fingerprint density at radius 1 is 0.897 bits per heavy atom. The highest BCUT2D eigenvalue weighted by molar-refractivity contribution is 6.06. The van der Waals surface area contributed by atoms with Gasteiger partial charge in [-0.2, -0.15) is 0 Å². The van der Waals surface area contributed by atoms with Gasteiger partial charge in [-0.25, -0.2) is 0 Å². The minimum Gasteiger partial charge on any atom is -0.397 e. The van der Waals surface area contributed by atoms with E-state index in [0.717, 1.165) is 18.8 Å². The number of rotatable bonds is 11. The second kappa shape index (κ2) is 11.5. The van der Waals surface area contributed by atoms with Crippen molar-refractivity contribution >= 4 is 23.0 Å². The molecule has 3 N–H and O–H groups in total. The van der Waals surface area contributed by atoms with E-state index >= 15 is 0 Å². The number of nitrogens with zero attached hydrogens (tertiary/aromatic N) is 1. The Balaban J connectivity index is 2.28. The zero-order valence-electron chi connectivity index (χ0n) is 18.4. The normalized spacial score (nSPS) is 11.1. The number of nitrogens with one attached hydrogen (secondary N) is 1. The van der Waals surface area contributed by atoms with E-state index in [-0.39, 0.29) is 5.91 Å². The molecule has 2 rings (SSSR count). The van der Waals surface area contributed by atoms with Crippen LogP contribution in [-0.2, 0) is 0 Å². The smallest absolute Gasteiger partial charge is 0.255 e. The van der Waals surface area contributed by atoms with Gasteiger partial charge in [0.2, 0.25) is 0 Å². The summed E-state index contributed by atoms with van der Waals surface area (Å²) in [6.07, 6.45) is 4.68. The summed E-state index contributed by atoms with van der Waals surface area (Å²) in [5.41, 5.74) is 9.21. The predicted molar refractivity (Wildman–Crippen MR) is 126 cm³/mol. The summed E-state index contributed by atoms with van der Waals surface area (Å²) in [5, 5.41) is 2.99. The molecule has 0 aliphatic rings. The molecule has 29 heavy (non-hydrogen) atoms. The van der Waals surface area contributed by atoms with Gasteiger partial charge in [-0.15, -0.1) is 0 Å². The molecule has 0 atom stereocenters. The number of hydrogen-bond donors (Lipinski definition) is 2. The van der Waals surface area contributed by atoms with Crippen LogP contribution in [0.2, 0.25) is 0 Å². The molecule has 0 spiro atoms. The first-order valence-electron chi connectivity index (χ1n) is 11.0. The Bertz CT molecular complexity index is 738. The maximum absolute atomic E-state index is 12.6. The zero-order valence-corrected chi connectivity index (χ0v) is 18.4. The van der Waals surface area contributed by atoms with Gasteiger partial charge in [-0.3, -0.25) is 4.79 Å². The summed E-state index contributed by atoms with van der Waals surface area (Å²) in [4.78, 5) is 15.1. The predicted octanol–water partition coefficient (Wildman–Crippen LogP) is 6.20. The molecule has 2 aromatic carbocycles. The SMILES string of the molecule is CCC(CC)CN(CC(CC)CC)c1ccc(N)c(NC(=O)c2ccccc2)c1. The maximum atomic E-state index is 12.6. The van der Waals surface area contributed by atoms with Gasteiger partial charge in [-0.05, 0) is 42.2 Å². The Labute approximate surface area is 176 Å². The largest absolute Gasteiger partial charge is 0.397 e. The number of carbonyl (C=O) groups excluding carboxylic acids is 1. The molecule has 0 aliphatic heterocycles. The summed E-state index contributed by atoms with van der Waals surface area (Å²) in [6, 6.07) is 15.3. The molecule has 1 amide bonds. The van der Waals surface area contributed by atoms with Gasteiger partial charge in [0.05, 0.1) is 11.4 Å². The van der Waals surface area contributed by atoms with Crippen LogP contribution in [0.1, 0.15) is 63.7 Å². The second-order valence-corrected chi connectivity index (χ2v) is 7.86. The van der Waals surface area contributed by atoms with Crippen molar-refractivity contribution in [2.24, 2.45) is 11.8 Å². The van der Waals surface area contributed by atoms with Crippen molar-refractivity contribution in [1.82, 2.24) is 0 Å². The summed E-state index contributed by atoms with van der Waals surface area (Å²) in [6.45, 7) is 11.1. The third-order valence-corrected chi connectivity index (χ3v) is 5.95. The van der Waals surface area contributed by atoms with Gasteiger partial charge >= 0.3 is 0 Å². The van der Waals surface area contributed by atoms with Gasteiger partial charge in [0, 0.05) is 24.3 Å². The van der Waals surface area contributed by atoms with Crippen LogP contribution in [0.4, 0.5) is 17.1 Å². The van der Waals surface area contributed by atoms with E-state index in [1.54, 1.807) is 0 Å². The van der Waals surface area contributed by atoms with Crippen LogP contribution in [0.25, 0.3) is 0 Å². The first-order valence-corrected chi connectivity index (χ1v) is 11.0. The molecule has 0 aromatic heterocycles. The van der Waals surface area contributed by atoms with E-state index in [1.807, 2.05) is 42.5 Å². The highest BCUT2D eigenvalue weighted by Crippen LogP contribution is 2.29. The number of amides is 1. The van der Waals surface area contributed by atoms with Gasteiger partial charge in [0.1, 0.15) is 0 Å². The van der Waals surface area contributed by atoms with Crippen LogP contribution in [0.3, 0.4) is 0 Å². The van der Waals surface area contributed by atoms with Crippen LogP contribution in [0.15, 0.2) is 48.5 Å². The molecule has 0 fully saturated rings. The number of nitrogen functional groups attached to an aromatic ring is 1. The Morgan fingerprint density at radius 2 is 1.45 bits per heavy atom. The van der Waals surface area contributed by atoms with Crippen LogP contribution in [0, 0.1) is 11.8 Å². The minimum atomic E-state index is -0.138. The maximum Gasteiger partial charge on any atom is 0.255 e. The zero-order chi connectivity index (χ0) is 21.2. The van der Waals surface area contributed by atoms with E-state index in [2.05, 4.69) is 44.0 Å².